The summed E-state index contributed by atoms with van der Waals surface area (Å²) in [6.45, 7) is 4.22. The molecular formula is C13H13Cl2N3. The molecule has 0 aliphatic carbocycles. The first kappa shape index (κ1) is 13.2. The molecule has 0 saturated heterocycles. The number of nitrogens with zero attached hydrogens (tertiary/aromatic N) is 3. The second-order valence-electron chi connectivity index (χ2n) is 4.44. The minimum atomic E-state index is 0.306. The molecule has 0 aliphatic heterocycles. The van der Waals surface area contributed by atoms with E-state index in [0.717, 1.165) is 17.7 Å². The number of hydrogen-bond acceptors (Lipinski definition) is 3. The van der Waals surface area contributed by atoms with Crippen LogP contribution in [0, 0.1) is 5.92 Å². The van der Waals surface area contributed by atoms with Gasteiger partial charge in [-0.25, -0.2) is 9.97 Å². The van der Waals surface area contributed by atoms with Gasteiger partial charge in [0.2, 0.25) is 0 Å². The first-order chi connectivity index (χ1) is 8.58. The highest BCUT2D eigenvalue weighted by Gasteiger charge is 2.13. The van der Waals surface area contributed by atoms with E-state index >= 15 is 0 Å². The Balaban J connectivity index is 2.48. The van der Waals surface area contributed by atoms with Gasteiger partial charge in [0, 0.05) is 18.0 Å². The van der Waals surface area contributed by atoms with E-state index in [1.807, 2.05) is 12.1 Å². The molecule has 0 N–H and O–H groups in total. The van der Waals surface area contributed by atoms with Crippen LogP contribution in [0.3, 0.4) is 0 Å². The number of rotatable bonds is 3. The van der Waals surface area contributed by atoms with E-state index < -0.39 is 0 Å². The fourth-order valence-corrected chi connectivity index (χ4v) is 2.12. The van der Waals surface area contributed by atoms with Crippen LogP contribution >= 0.6 is 23.2 Å². The first-order valence-electron chi connectivity index (χ1n) is 5.70. The van der Waals surface area contributed by atoms with E-state index in [1.165, 1.54) is 0 Å². The summed E-state index contributed by atoms with van der Waals surface area (Å²) in [6.07, 6.45) is 4.19. The maximum absolute atomic E-state index is 6.09. The second-order valence-corrected chi connectivity index (χ2v) is 5.16. The Morgan fingerprint density at radius 2 is 1.94 bits per heavy atom. The predicted molar refractivity (Wildman–Crippen MR) is 73.8 cm³/mol. The second kappa shape index (κ2) is 5.63. The summed E-state index contributed by atoms with van der Waals surface area (Å²) in [6, 6.07) is 3.74. The van der Waals surface area contributed by atoms with Gasteiger partial charge in [0.05, 0.1) is 5.69 Å². The van der Waals surface area contributed by atoms with Crippen LogP contribution in [-0.2, 0) is 6.42 Å². The zero-order valence-corrected chi connectivity index (χ0v) is 11.7. The largest absolute Gasteiger partial charge is 0.264 e. The third kappa shape index (κ3) is 2.98. The Hall–Kier alpha value is -1.19. The highest BCUT2D eigenvalue weighted by Crippen LogP contribution is 2.27. The third-order valence-corrected chi connectivity index (χ3v) is 2.98. The first-order valence-corrected chi connectivity index (χ1v) is 6.46. The average molecular weight is 282 g/mol. The molecule has 18 heavy (non-hydrogen) atoms. The monoisotopic (exact) mass is 281 g/mol. The molecule has 0 aliphatic rings. The van der Waals surface area contributed by atoms with Crippen molar-refractivity contribution in [3.8, 4) is 11.3 Å². The molecule has 5 heteroatoms. The molecule has 0 unspecified atom stereocenters. The molecule has 94 valence electrons. The van der Waals surface area contributed by atoms with Crippen LogP contribution in [-0.4, -0.2) is 15.0 Å². The van der Waals surface area contributed by atoms with Gasteiger partial charge in [-0.15, -0.1) is 0 Å². The molecular weight excluding hydrogens is 269 g/mol. The van der Waals surface area contributed by atoms with Crippen molar-refractivity contribution in [2.75, 3.05) is 0 Å². The van der Waals surface area contributed by atoms with Gasteiger partial charge in [-0.3, -0.25) is 4.98 Å². The van der Waals surface area contributed by atoms with E-state index in [0.29, 0.717) is 21.9 Å². The summed E-state index contributed by atoms with van der Waals surface area (Å²) < 4.78 is 0. The molecule has 0 radical (unpaired) electrons. The van der Waals surface area contributed by atoms with E-state index in [4.69, 9.17) is 23.2 Å². The van der Waals surface area contributed by atoms with Crippen LogP contribution in [0.15, 0.2) is 24.5 Å². The van der Waals surface area contributed by atoms with Crippen LogP contribution < -0.4 is 0 Å². The zero-order chi connectivity index (χ0) is 13.1. The SMILES string of the molecule is CC(C)Cc1nc(-c2cccnc2)c(Cl)nc1Cl. The van der Waals surface area contributed by atoms with Gasteiger partial charge in [0.1, 0.15) is 5.69 Å². The maximum atomic E-state index is 6.09. The highest BCUT2D eigenvalue weighted by molar-refractivity contribution is 6.34. The van der Waals surface area contributed by atoms with Crippen molar-refractivity contribution in [2.45, 2.75) is 20.3 Å². The molecule has 2 aromatic rings. The van der Waals surface area contributed by atoms with Crippen LogP contribution in [0.5, 0.6) is 0 Å². The maximum Gasteiger partial charge on any atom is 0.157 e. The molecule has 0 aromatic carbocycles. The highest BCUT2D eigenvalue weighted by atomic mass is 35.5. The summed E-state index contributed by atoms with van der Waals surface area (Å²) in [5.41, 5.74) is 2.25. The Morgan fingerprint density at radius 1 is 1.17 bits per heavy atom. The minimum absolute atomic E-state index is 0.306. The van der Waals surface area contributed by atoms with Crippen molar-refractivity contribution >= 4 is 23.2 Å². The lowest BCUT2D eigenvalue weighted by Crippen LogP contribution is -2.02. The summed E-state index contributed by atoms with van der Waals surface area (Å²) in [7, 11) is 0. The fourth-order valence-electron chi connectivity index (χ4n) is 1.63. The lowest BCUT2D eigenvalue weighted by molar-refractivity contribution is 0.634. The Bertz CT molecular complexity index is 541. The van der Waals surface area contributed by atoms with Gasteiger partial charge < -0.3 is 0 Å². The molecule has 0 fully saturated rings. The molecule has 0 spiro atoms. The molecule has 3 nitrogen and oxygen atoms in total. The van der Waals surface area contributed by atoms with Gasteiger partial charge in [-0.2, -0.15) is 0 Å². The van der Waals surface area contributed by atoms with E-state index in [9.17, 15) is 0 Å². The average Bonchev–Trinajstić information content (AvgIpc) is 2.33. The van der Waals surface area contributed by atoms with Gasteiger partial charge in [0.25, 0.3) is 0 Å². The third-order valence-electron chi connectivity index (χ3n) is 2.41. The normalized spacial score (nSPS) is 10.9. The van der Waals surface area contributed by atoms with Crippen LogP contribution in [0.2, 0.25) is 10.3 Å². The molecule has 2 rings (SSSR count). The molecule has 0 saturated carbocycles. The van der Waals surface area contributed by atoms with Crippen LogP contribution in [0.25, 0.3) is 11.3 Å². The van der Waals surface area contributed by atoms with Gasteiger partial charge in [-0.05, 0) is 24.5 Å². The minimum Gasteiger partial charge on any atom is -0.264 e. The van der Waals surface area contributed by atoms with E-state index in [2.05, 4.69) is 28.8 Å². The lowest BCUT2D eigenvalue weighted by atomic mass is 10.1. The van der Waals surface area contributed by atoms with Gasteiger partial charge in [0.15, 0.2) is 10.3 Å². The predicted octanol–water partition coefficient (Wildman–Crippen LogP) is 4.04. The smallest absolute Gasteiger partial charge is 0.157 e. The molecule has 2 heterocycles. The zero-order valence-electron chi connectivity index (χ0n) is 10.2. The Labute approximate surface area is 116 Å². The standard InChI is InChI=1S/C13H13Cl2N3/c1-8(2)6-10-12(14)18-13(15)11(17-10)9-4-3-5-16-7-9/h3-5,7-8H,6H2,1-2H3. The van der Waals surface area contributed by atoms with Crippen LogP contribution in [0.4, 0.5) is 0 Å². The van der Waals surface area contributed by atoms with Crippen molar-refractivity contribution in [1.82, 2.24) is 15.0 Å². The summed E-state index contributed by atoms with van der Waals surface area (Å²) >= 11 is 12.1. The van der Waals surface area contributed by atoms with Crippen molar-refractivity contribution in [3.05, 3.63) is 40.5 Å². The Morgan fingerprint density at radius 3 is 2.56 bits per heavy atom. The number of pyridine rings is 1. The fraction of sp³-hybridized carbons (Fsp3) is 0.308. The lowest BCUT2D eigenvalue weighted by Gasteiger charge is -2.09. The topological polar surface area (TPSA) is 38.7 Å². The van der Waals surface area contributed by atoms with Crippen molar-refractivity contribution < 1.29 is 0 Å². The number of halogens is 2. The van der Waals surface area contributed by atoms with Gasteiger partial charge >= 0.3 is 0 Å². The van der Waals surface area contributed by atoms with Gasteiger partial charge in [-0.1, -0.05) is 37.0 Å². The molecule has 2 aromatic heterocycles. The molecule has 0 bridgehead atoms. The quantitative estimate of drug-likeness (QED) is 0.852. The van der Waals surface area contributed by atoms with Crippen molar-refractivity contribution in [3.63, 3.8) is 0 Å². The number of hydrogen-bond donors (Lipinski definition) is 0. The van der Waals surface area contributed by atoms with E-state index in [1.54, 1.807) is 12.4 Å². The summed E-state index contributed by atoms with van der Waals surface area (Å²) in [4.78, 5) is 12.7. The van der Waals surface area contributed by atoms with Crippen molar-refractivity contribution in [1.29, 1.82) is 0 Å². The Kier molecular flexibility index (Phi) is 4.15. The summed E-state index contributed by atoms with van der Waals surface area (Å²) in [5, 5.41) is 0.682. The van der Waals surface area contributed by atoms with Crippen LogP contribution in [0.1, 0.15) is 19.5 Å². The van der Waals surface area contributed by atoms with E-state index in [-0.39, 0.29) is 0 Å². The molecule has 0 atom stereocenters. The van der Waals surface area contributed by atoms with Crippen molar-refractivity contribution in [2.24, 2.45) is 5.92 Å². The summed E-state index contributed by atoms with van der Waals surface area (Å²) in [5.74, 6) is 0.458. The molecule has 0 amide bonds. The number of aromatic nitrogens is 3.